The Morgan fingerprint density at radius 1 is 1.56 bits per heavy atom. The van der Waals surface area contributed by atoms with Gasteiger partial charge in [0.15, 0.2) is 0 Å². The highest BCUT2D eigenvalue weighted by Gasteiger charge is 2.50. The zero-order chi connectivity index (χ0) is 12.5. The molecule has 4 atom stereocenters. The third kappa shape index (κ3) is 1.82. The van der Waals surface area contributed by atoms with Gasteiger partial charge in [-0.15, -0.1) is 0 Å². The molecule has 18 heavy (non-hydrogen) atoms. The SMILES string of the molecule is N#Cc1ccnc(NC2C(N)C3CCCOC32)n1. The maximum atomic E-state index is 8.79. The van der Waals surface area contributed by atoms with Gasteiger partial charge in [0.25, 0.3) is 0 Å². The van der Waals surface area contributed by atoms with E-state index in [-0.39, 0.29) is 18.2 Å². The molecular formula is C12H15N5O. The van der Waals surface area contributed by atoms with Crippen molar-refractivity contribution in [1.29, 1.82) is 5.26 Å². The van der Waals surface area contributed by atoms with E-state index in [4.69, 9.17) is 15.7 Å². The number of hydrogen-bond acceptors (Lipinski definition) is 6. The van der Waals surface area contributed by atoms with E-state index in [1.54, 1.807) is 12.3 Å². The van der Waals surface area contributed by atoms with Crippen LogP contribution in [-0.2, 0) is 4.74 Å². The van der Waals surface area contributed by atoms with Gasteiger partial charge in [-0.1, -0.05) is 0 Å². The minimum Gasteiger partial charge on any atom is -0.376 e. The van der Waals surface area contributed by atoms with Gasteiger partial charge in [0.2, 0.25) is 5.95 Å². The van der Waals surface area contributed by atoms with E-state index in [2.05, 4.69) is 15.3 Å². The molecule has 2 heterocycles. The Labute approximate surface area is 105 Å². The number of ether oxygens (including phenoxy) is 1. The van der Waals surface area contributed by atoms with Crippen LogP contribution in [0.5, 0.6) is 0 Å². The van der Waals surface area contributed by atoms with Crippen molar-refractivity contribution in [3.05, 3.63) is 18.0 Å². The molecule has 1 saturated carbocycles. The van der Waals surface area contributed by atoms with Gasteiger partial charge in [-0.05, 0) is 18.9 Å². The van der Waals surface area contributed by atoms with Gasteiger partial charge in [0.05, 0.1) is 12.1 Å². The van der Waals surface area contributed by atoms with Crippen molar-refractivity contribution >= 4 is 5.95 Å². The lowest BCUT2D eigenvalue weighted by atomic mass is 9.69. The van der Waals surface area contributed by atoms with E-state index in [9.17, 15) is 0 Å². The minimum absolute atomic E-state index is 0.0456. The zero-order valence-electron chi connectivity index (χ0n) is 9.91. The fraction of sp³-hybridized carbons (Fsp3) is 0.583. The van der Waals surface area contributed by atoms with E-state index in [1.807, 2.05) is 6.07 Å². The number of aromatic nitrogens is 2. The highest BCUT2D eigenvalue weighted by molar-refractivity contribution is 5.34. The van der Waals surface area contributed by atoms with E-state index in [1.165, 1.54) is 0 Å². The van der Waals surface area contributed by atoms with Gasteiger partial charge in [-0.3, -0.25) is 0 Å². The van der Waals surface area contributed by atoms with Gasteiger partial charge in [-0.2, -0.15) is 5.26 Å². The fourth-order valence-electron chi connectivity index (χ4n) is 2.77. The molecular weight excluding hydrogens is 230 g/mol. The smallest absolute Gasteiger partial charge is 0.224 e. The third-order valence-corrected chi connectivity index (χ3v) is 3.74. The summed E-state index contributed by atoms with van der Waals surface area (Å²) in [5, 5.41) is 12.0. The summed E-state index contributed by atoms with van der Waals surface area (Å²) in [4.78, 5) is 8.19. The summed E-state index contributed by atoms with van der Waals surface area (Å²) in [6, 6.07) is 3.69. The number of fused-ring (bicyclic) bond motifs is 1. The van der Waals surface area contributed by atoms with E-state index in [0.717, 1.165) is 19.4 Å². The van der Waals surface area contributed by atoms with Crippen LogP contribution in [0.4, 0.5) is 5.95 Å². The standard InChI is InChI=1S/C12H15N5O/c13-6-7-3-4-15-12(16-7)17-10-9(14)8-2-1-5-18-11(8)10/h3-4,8-11H,1-2,5,14H2,(H,15,16,17). The second-order valence-corrected chi connectivity index (χ2v) is 4.77. The molecule has 3 rings (SSSR count). The second-order valence-electron chi connectivity index (χ2n) is 4.77. The molecule has 0 bridgehead atoms. The Balaban J connectivity index is 1.71. The maximum absolute atomic E-state index is 8.79. The molecule has 0 spiro atoms. The van der Waals surface area contributed by atoms with Crippen LogP contribution >= 0.6 is 0 Å². The van der Waals surface area contributed by atoms with E-state index < -0.39 is 0 Å². The molecule has 6 heteroatoms. The lowest BCUT2D eigenvalue weighted by Gasteiger charge is -2.52. The molecule has 1 aromatic rings. The lowest BCUT2D eigenvalue weighted by Crippen LogP contribution is -2.69. The molecule has 0 amide bonds. The minimum atomic E-state index is 0.0456. The van der Waals surface area contributed by atoms with Crippen molar-refractivity contribution in [2.75, 3.05) is 11.9 Å². The molecule has 3 N–H and O–H groups in total. The molecule has 0 radical (unpaired) electrons. The van der Waals surface area contributed by atoms with Crippen LogP contribution in [0.1, 0.15) is 18.5 Å². The van der Waals surface area contributed by atoms with Gasteiger partial charge >= 0.3 is 0 Å². The van der Waals surface area contributed by atoms with Crippen LogP contribution in [0, 0.1) is 17.2 Å². The number of nitrogens with one attached hydrogen (secondary N) is 1. The maximum Gasteiger partial charge on any atom is 0.224 e. The zero-order valence-corrected chi connectivity index (χ0v) is 9.91. The fourth-order valence-corrected chi connectivity index (χ4v) is 2.77. The molecule has 4 unspecified atom stereocenters. The van der Waals surface area contributed by atoms with Gasteiger partial charge < -0.3 is 15.8 Å². The topological polar surface area (TPSA) is 96.9 Å². The van der Waals surface area contributed by atoms with Gasteiger partial charge in [-0.25, -0.2) is 9.97 Å². The first-order chi connectivity index (χ1) is 8.79. The summed E-state index contributed by atoms with van der Waals surface area (Å²) in [7, 11) is 0. The monoisotopic (exact) mass is 245 g/mol. The Kier molecular flexibility index (Phi) is 2.86. The van der Waals surface area contributed by atoms with Crippen LogP contribution < -0.4 is 11.1 Å². The molecule has 0 aromatic carbocycles. The normalized spacial score (nSPS) is 34.0. The molecule has 6 nitrogen and oxygen atoms in total. The van der Waals surface area contributed by atoms with Crippen LogP contribution in [-0.4, -0.2) is 34.8 Å². The van der Waals surface area contributed by atoms with Gasteiger partial charge in [0, 0.05) is 24.8 Å². The van der Waals surface area contributed by atoms with E-state index >= 15 is 0 Å². The van der Waals surface area contributed by atoms with Crippen LogP contribution in [0.3, 0.4) is 0 Å². The number of nitrogens with zero attached hydrogens (tertiary/aromatic N) is 3. The predicted molar refractivity (Wildman–Crippen MR) is 64.6 cm³/mol. The predicted octanol–water partition coefficient (Wildman–Crippen LogP) is 0.265. The number of nitriles is 1. The quantitative estimate of drug-likeness (QED) is 0.776. The summed E-state index contributed by atoms with van der Waals surface area (Å²) in [6.45, 7) is 0.797. The summed E-state index contributed by atoms with van der Waals surface area (Å²) < 4.78 is 5.73. The van der Waals surface area contributed by atoms with Crippen molar-refractivity contribution < 1.29 is 4.74 Å². The highest BCUT2D eigenvalue weighted by atomic mass is 16.5. The molecule has 1 saturated heterocycles. The molecule has 1 aromatic heterocycles. The molecule has 1 aliphatic carbocycles. The largest absolute Gasteiger partial charge is 0.376 e. The first-order valence-electron chi connectivity index (χ1n) is 6.16. The van der Waals surface area contributed by atoms with Crippen LogP contribution in [0.15, 0.2) is 12.3 Å². The Bertz CT molecular complexity index is 486. The van der Waals surface area contributed by atoms with Crippen molar-refractivity contribution in [3.8, 4) is 6.07 Å². The number of anilines is 1. The van der Waals surface area contributed by atoms with Crippen LogP contribution in [0.2, 0.25) is 0 Å². The number of nitrogens with two attached hydrogens (primary N) is 1. The molecule has 2 fully saturated rings. The molecule has 94 valence electrons. The van der Waals surface area contributed by atoms with E-state index in [0.29, 0.717) is 17.6 Å². The third-order valence-electron chi connectivity index (χ3n) is 3.74. The first kappa shape index (κ1) is 11.4. The van der Waals surface area contributed by atoms with Crippen molar-refractivity contribution in [1.82, 2.24) is 9.97 Å². The molecule has 2 aliphatic rings. The Hall–Kier alpha value is -1.71. The number of hydrogen-bond donors (Lipinski definition) is 2. The lowest BCUT2D eigenvalue weighted by molar-refractivity contribution is -0.104. The van der Waals surface area contributed by atoms with Crippen molar-refractivity contribution in [2.24, 2.45) is 11.7 Å². The Morgan fingerprint density at radius 2 is 2.44 bits per heavy atom. The number of rotatable bonds is 2. The van der Waals surface area contributed by atoms with Crippen molar-refractivity contribution in [3.63, 3.8) is 0 Å². The Morgan fingerprint density at radius 3 is 3.28 bits per heavy atom. The highest BCUT2D eigenvalue weighted by Crippen LogP contribution is 2.38. The van der Waals surface area contributed by atoms with Gasteiger partial charge in [0.1, 0.15) is 11.8 Å². The average molecular weight is 245 g/mol. The average Bonchev–Trinajstić information content (AvgIpc) is 2.44. The second kappa shape index (κ2) is 4.52. The first-order valence-corrected chi connectivity index (χ1v) is 6.16. The summed E-state index contributed by atoms with van der Waals surface area (Å²) in [5.41, 5.74) is 6.48. The summed E-state index contributed by atoms with van der Waals surface area (Å²) >= 11 is 0. The van der Waals surface area contributed by atoms with Crippen molar-refractivity contribution in [2.45, 2.75) is 31.0 Å². The van der Waals surface area contributed by atoms with Crippen LogP contribution in [0.25, 0.3) is 0 Å². The summed E-state index contributed by atoms with van der Waals surface area (Å²) in [5.74, 6) is 0.887. The molecule has 1 aliphatic heterocycles. The summed E-state index contributed by atoms with van der Waals surface area (Å²) in [6.07, 6.45) is 3.94.